The molecule has 1 fully saturated rings. The summed E-state index contributed by atoms with van der Waals surface area (Å²) in [7, 11) is 0. The molecule has 0 aliphatic heterocycles. The molecular weight excluding hydrogens is 154 g/mol. The molecule has 2 heteroatoms. The Labute approximate surface area is 71.0 Å². The number of hydrogen-bond donors (Lipinski definition) is 1. The Hall–Kier alpha value is -0.630. The molecule has 0 atom stereocenters. The largest absolute Gasteiger partial charge is 0.399 e. The van der Waals surface area contributed by atoms with Gasteiger partial charge in [0.15, 0.2) is 0 Å². The molecule has 0 heterocycles. The fourth-order valence-electron chi connectivity index (χ4n) is 0.966. The fraction of sp³-hybridized carbons (Fsp3) is 0.333. The van der Waals surface area contributed by atoms with Crippen LogP contribution in [0.2, 0.25) is 0 Å². The van der Waals surface area contributed by atoms with Gasteiger partial charge in [-0.15, -0.1) is 11.8 Å². The minimum absolute atomic E-state index is 0.871. The Balaban J connectivity index is 2.10. The van der Waals surface area contributed by atoms with Crippen molar-refractivity contribution in [2.45, 2.75) is 23.0 Å². The summed E-state index contributed by atoms with van der Waals surface area (Å²) in [5, 5.41) is 0.872. The molecule has 2 N–H and O–H groups in total. The highest BCUT2D eigenvalue weighted by molar-refractivity contribution is 8.00. The molecule has 1 aromatic carbocycles. The van der Waals surface area contributed by atoms with Gasteiger partial charge in [0.2, 0.25) is 0 Å². The number of nitrogen functional groups attached to an aromatic ring is 1. The second-order valence-electron chi connectivity index (χ2n) is 2.89. The van der Waals surface area contributed by atoms with Crippen LogP contribution in [-0.4, -0.2) is 5.25 Å². The van der Waals surface area contributed by atoms with Crippen molar-refractivity contribution in [1.29, 1.82) is 0 Å². The second-order valence-corrected chi connectivity index (χ2v) is 4.26. The van der Waals surface area contributed by atoms with Crippen LogP contribution in [0, 0.1) is 0 Å². The van der Waals surface area contributed by atoms with Crippen LogP contribution in [0.15, 0.2) is 29.2 Å². The molecule has 58 valence electrons. The van der Waals surface area contributed by atoms with Crippen LogP contribution in [0.4, 0.5) is 5.69 Å². The summed E-state index contributed by atoms with van der Waals surface area (Å²) in [4.78, 5) is 1.31. The van der Waals surface area contributed by atoms with Gasteiger partial charge in [-0.1, -0.05) is 6.07 Å². The van der Waals surface area contributed by atoms with Crippen molar-refractivity contribution >= 4 is 17.4 Å². The molecule has 1 saturated carbocycles. The van der Waals surface area contributed by atoms with E-state index in [1.807, 2.05) is 30.0 Å². The van der Waals surface area contributed by atoms with E-state index in [9.17, 15) is 0 Å². The zero-order valence-electron chi connectivity index (χ0n) is 6.29. The molecule has 0 aromatic heterocycles. The first kappa shape index (κ1) is 7.04. The number of thioether (sulfide) groups is 1. The number of anilines is 1. The molecule has 0 spiro atoms. The summed E-state index contributed by atoms with van der Waals surface area (Å²) >= 11 is 1.94. The lowest BCUT2D eigenvalue weighted by Crippen LogP contribution is -1.83. The van der Waals surface area contributed by atoms with E-state index in [0.717, 1.165) is 10.9 Å². The van der Waals surface area contributed by atoms with E-state index in [2.05, 4.69) is 6.07 Å². The van der Waals surface area contributed by atoms with Crippen LogP contribution >= 0.6 is 11.8 Å². The van der Waals surface area contributed by atoms with Gasteiger partial charge in [0.25, 0.3) is 0 Å². The minimum atomic E-state index is 0.871. The topological polar surface area (TPSA) is 26.0 Å². The van der Waals surface area contributed by atoms with Gasteiger partial charge in [-0.05, 0) is 31.0 Å². The van der Waals surface area contributed by atoms with E-state index in [1.165, 1.54) is 17.7 Å². The molecule has 1 nitrogen and oxygen atoms in total. The van der Waals surface area contributed by atoms with Crippen LogP contribution in [0.25, 0.3) is 0 Å². The Kier molecular flexibility index (Phi) is 1.78. The molecule has 0 unspecified atom stereocenters. The number of nitrogens with two attached hydrogens (primary N) is 1. The van der Waals surface area contributed by atoms with Crippen LogP contribution < -0.4 is 5.73 Å². The maximum atomic E-state index is 5.64. The lowest BCUT2D eigenvalue weighted by molar-refractivity contribution is 1.42. The highest BCUT2D eigenvalue weighted by atomic mass is 32.2. The Morgan fingerprint density at radius 1 is 1.36 bits per heavy atom. The number of benzene rings is 1. The van der Waals surface area contributed by atoms with Gasteiger partial charge >= 0.3 is 0 Å². The van der Waals surface area contributed by atoms with Crippen LogP contribution in [0.3, 0.4) is 0 Å². The van der Waals surface area contributed by atoms with Crippen molar-refractivity contribution < 1.29 is 0 Å². The van der Waals surface area contributed by atoms with E-state index in [1.54, 1.807) is 0 Å². The quantitative estimate of drug-likeness (QED) is 0.681. The first-order chi connectivity index (χ1) is 5.34. The van der Waals surface area contributed by atoms with Gasteiger partial charge in [0, 0.05) is 15.8 Å². The van der Waals surface area contributed by atoms with Crippen molar-refractivity contribution in [2.75, 3.05) is 5.73 Å². The third-order valence-corrected chi connectivity index (χ3v) is 3.02. The SMILES string of the molecule is Nc1cccc(SC2CC2)c1. The summed E-state index contributed by atoms with van der Waals surface area (Å²) in [6.07, 6.45) is 2.75. The third-order valence-electron chi connectivity index (χ3n) is 1.69. The molecule has 1 aromatic rings. The summed E-state index contributed by atoms with van der Waals surface area (Å²) < 4.78 is 0. The van der Waals surface area contributed by atoms with Crippen molar-refractivity contribution in [1.82, 2.24) is 0 Å². The molecule has 0 bridgehead atoms. The minimum Gasteiger partial charge on any atom is -0.399 e. The maximum absolute atomic E-state index is 5.64. The monoisotopic (exact) mass is 165 g/mol. The maximum Gasteiger partial charge on any atom is 0.0325 e. The predicted octanol–water partition coefficient (Wildman–Crippen LogP) is 2.52. The van der Waals surface area contributed by atoms with Gasteiger partial charge in [0.1, 0.15) is 0 Å². The van der Waals surface area contributed by atoms with E-state index >= 15 is 0 Å². The predicted molar refractivity (Wildman–Crippen MR) is 49.7 cm³/mol. The normalized spacial score (nSPS) is 16.7. The van der Waals surface area contributed by atoms with Crippen molar-refractivity contribution in [3.8, 4) is 0 Å². The van der Waals surface area contributed by atoms with E-state index in [0.29, 0.717) is 0 Å². The van der Waals surface area contributed by atoms with E-state index in [4.69, 9.17) is 5.73 Å². The summed E-state index contributed by atoms with van der Waals surface area (Å²) in [5.74, 6) is 0. The molecule has 11 heavy (non-hydrogen) atoms. The van der Waals surface area contributed by atoms with Gasteiger partial charge in [-0.25, -0.2) is 0 Å². The smallest absolute Gasteiger partial charge is 0.0325 e. The first-order valence-corrected chi connectivity index (χ1v) is 4.75. The van der Waals surface area contributed by atoms with E-state index < -0.39 is 0 Å². The number of hydrogen-bond acceptors (Lipinski definition) is 2. The lowest BCUT2D eigenvalue weighted by Gasteiger charge is -1.98. The van der Waals surface area contributed by atoms with Gasteiger partial charge in [-0.2, -0.15) is 0 Å². The average Bonchev–Trinajstić information content (AvgIpc) is 2.71. The van der Waals surface area contributed by atoms with Crippen LogP contribution in [-0.2, 0) is 0 Å². The van der Waals surface area contributed by atoms with Gasteiger partial charge < -0.3 is 5.73 Å². The fourth-order valence-corrected chi connectivity index (χ4v) is 2.08. The summed E-state index contributed by atoms with van der Waals surface area (Å²) in [5.41, 5.74) is 6.51. The zero-order chi connectivity index (χ0) is 7.68. The molecule has 1 aliphatic rings. The number of rotatable bonds is 2. The van der Waals surface area contributed by atoms with Crippen LogP contribution in [0.1, 0.15) is 12.8 Å². The van der Waals surface area contributed by atoms with Crippen molar-refractivity contribution in [3.63, 3.8) is 0 Å². The molecule has 1 aliphatic carbocycles. The highest BCUT2D eigenvalue weighted by Gasteiger charge is 2.22. The van der Waals surface area contributed by atoms with Gasteiger partial charge in [-0.3, -0.25) is 0 Å². The Morgan fingerprint density at radius 3 is 2.82 bits per heavy atom. The van der Waals surface area contributed by atoms with Crippen molar-refractivity contribution in [3.05, 3.63) is 24.3 Å². The molecule has 0 amide bonds. The second kappa shape index (κ2) is 2.78. The molecule has 2 rings (SSSR count). The standard InChI is InChI=1S/C9H11NS/c10-7-2-1-3-9(6-7)11-8-4-5-8/h1-3,6,8H,4-5,10H2. The lowest BCUT2D eigenvalue weighted by atomic mass is 10.3. The van der Waals surface area contributed by atoms with Crippen LogP contribution in [0.5, 0.6) is 0 Å². The Morgan fingerprint density at radius 2 is 2.18 bits per heavy atom. The first-order valence-electron chi connectivity index (χ1n) is 3.87. The zero-order valence-corrected chi connectivity index (χ0v) is 7.10. The summed E-state index contributed by atoms with van der Waals surface area (Å²) in [6.45, 7) is 0. The Bertz CT molecular complexity index is 255. The summed E-state index contributed by atoms with van der Waals surface area (Å²) in [6, 6.07) is 8.11. The molecule has 0 radical (unpaired) electrons. The third kappa shape index (κ3) is 1.90. The van der Waals surface area contributed by atoms with E-state index in [-0.39, 0.29) is 0 Å². The highest BCUT2D eigenvalue weighted by Crippen LogP contribution is 2.39. The molecule has 0 saturated heterocycles. The van der Waals surface area contributed by atoms with Crippen molar-refractivity contribution in [2.24, 2.45) is 0 Å². The van der Waals surface area contributed by atoms with Gasteiger partial charge in [0.05, 0.1) is 0 Å². The molecular formula is C9H11NS. The average molecular weight is 165 g/mol.